The number of aryl methyl sites for hydroxylation is 2. The van der Waals surface area contributed by atoms with Gasteiger partial charge in [0.25, 0.3) is 0 Å². The number of nitrogens with one attached hydrogen (secondary N) is 1. The number of aromatic nitrogens is 2. The number of anilines is 1. The second-order valence-corrected chi connectivity index (χ2v) is 5.95. The van der Waals surface area contributed by atoms with Gasteiger partial charge in [-0.25, -0.2) is 15.4 Å². The number of rotatable bonds is 6. The van der Waals surface area contributed by atoms with Crippen LogP contribution >= 0.6 is 0 Å². The average Bonchev–Trinajstić information content (AvgIpc) is 3.40. The van der Waals surface area contributed by atoms with Crippen LogP contribution in [0.1, 0.15) is 29.8 Å². The standard InChI is InChI=1S/C18H20N4O3/c1-11-8-12(2)21-18(20-11)22-19-10-13-4-7-15(16(9-13)24-3)25-17(23)14-5-6-14/h4,7-10,14H,5-6H2,1-3H3,(H,20,21,22)/b19-10-. The number of hydrogen-bond donors (Lipinski definition) is 1. The maximum absolute atomic E-state index is 11.8. The van der Waals surface area contributed by atoms with E-state index in [0.717, 1.165) is 29.8 Å². The van der Waals surface area contributed by atoms with Gasteiger partial charge in [-0.2, -0.15) is 5.10 Å². The second-order valence-electron chi connectivity index (χ2n) is 5.95. The third-order valence-corrected chi connectivity index (χ3v) is 3.67. The van der Waals surface area contributed by atoms with Crippen molar-refractivity contribution in [1.29, 1.82) is 0 Å². The molecule has 25 heavy (non-hydrogen) atoms. The van der Waals surface area contributed by atoms with Gasteiger partial charge in [0.05, 0.1) is 19.2 Å². The van der Waals surface area contributed by atoms with E-state index in [1.165, 1.54) is 7.11 Å². The van der Waals surface area contributed by atoms with Gasteiger partial charge in [0, 0.05) is 11.4 Å². The largest absolute Gasteiger partial charge is 0.493 e. The Morgan fingerprint density at radius 2 is 1.92 bits per heavy atom. The number of esters is 1. The van der Waals surface area contributed by atoms with Crippen molar-refractivity contribution in [1.82, 2.24) is 9.97 Å². The number of hydrazone groups is 1. The monoisotopic (exact) mass is 340 g/mol. The van der Waals surface area contributed by atoms with Crippen LogP contribution in [0.25, 0.3) is 0 Å². The average molecular weight is 340 g/mol. The Morgan fingerprint density at radius 1 is 1.20 bits per heavy atom. The molecular formula is C18H20N4O3. The van der Waals surface area contributed by atoms with Gasteiger partial charge < -0.3 is 9.47 Å². The van der Waals surface area contributed by atoms with Crippen LogP contribution < -0.4 is 14.9 Å². The van der Waals surface area contributed by atoms with Crippen LogP contribution in [0.3, 0.4) is 0 Å². The summed E-state index contributed by atoms with van der Waals surface area (Å²) in [5.74, 6) is 1.18. The van der Waals surface area contributed by atoms with Crippen LogP contribution in [-0.4, -0.2) is 29.3 Å². The lowest BCUT2D eigenvalue weighted by molar-refractivity contribution is -0.135. The highest BCUT2D eigenvalue weighted by Gasteiger charge is 2.32. The first-order chi connectivity index (χ1) is 12.0. The summed E-state index contributed by atoms with van der Waals surface area (Å²) in [5, 5.41) is 4.14. The summed E-state index contributed by atoms with van der Waals surface area (Å²) in [7, 11) is 1.53. The molecule has 0 aliphatic heterocycles. The zero-order chi connectivity index (χ0) is 17.8. The van der Waals surface area contributed by atoms with E-state index in [0.29, 0.717) is 17.4 Å². The predicted octanol–water partition coefficient (Wildman–Crippen LogP) is 2.86. The number of ether oxygens (including phenoxy) is 2. The molecule has 0 atom stereocenters. The number of hydrogen-bond acceptors (Lipinski definition) is 7. The van der Waals surface area contributed by atoms with Gasteiger partial charge in [0.15, 0.2) is 11.5 Å². The number of benzene rings is 1. The zero-order valence-corrected chi connectivity index (χ0v) is 14.4. The highest BCUT2D eigenvalue weighted by Crippen LogP contribution is 2.34. The molecule has 2 aromatic rings. The molecule has 7 nitrogen and oxygen atoms in total. The summed E-state index contributed by atoms with van der Waals surface area (Å²) >= 11 is 0. The summed E-state index contributed by atoms with van der Waals surface area (Å²) in [5.41, 5.74) is 5.33. The fourth-order valence-electron chi connectivity index (χ4n) is 2.30. The molecule has 1 aromatic carbocycles. The first-order valence-corrected chi connectivity index (χ1v) is 8.06. The molecule has 0 amide bonds. The molecule has 1 N–H and O–H groups in total. The maximum atomic E-state index is 11.8. The summed E-state index contributed by atoms with van der Waals surface area (Å²) < 4.78 is 10.7. The van der Waals surface area contributed by atoms with Crippen LogP contribution in [0, 0.1) is 19.8 Å². The van der Waals surface area contributed by atoms with Crippen molar-refractivity contribution in [2.24, 2.45) is 11.0 Å². The molecule has 130 valence electrons. The summed E-state index contributed by atoms with van der Waals surface area (Å²) in [6.45, 7) is 3.80. The van der Waals surface area contributed by atoms with Gasteiger partial charge in [-0.15, -0.1) is 0 Å². The van der Waals surface area contributed by atoms with Crippen molar-refractivity contribution in [3.05, 3.63) is 41.2 Å². The summed E-state index contributed by atoms with van der Waals surface area (Å²) in [6, 6.07) is 7.14. The third-order valence-electron chi connectivity index (χ3n) is 3.67. The van der Waals surface area contributed by atoms with Crippen LogP contribution in [0.15, 0.2) is 29.4 Å². The van der Waals surface area contributed by atoms with E-state index in [1.54, 1.807) is 24.4 Å². The van der Waals surface area contributed by atoms with E-state index in [-0.39, 0.29) is 11.9 Å². The lowest BCUT2D eigenvalue weighted by atomic mass is 10.2. The van der Waals surface area contributed by atoms with Crippen molar-refractivity contribution < 1.29 is 14.3 Å². The molecule has 1 aliphatic rings. The molecule has 0 bridgehead atoms. The lowest BCUT2D eigenvalue weighted by Crippen LogP contribution is -2.10. The number of nitrogens with zero attached hydrogens (tertiary/aromatic N) is 3. The molecule has 0 spiro atoms. The normalized spacial score (nSPS) is 13.7. The van der Waals surface area contributed by atoms with Crippen LogP contribution in [0.4, 0.5) is 5.95 Å². The first-order valence-electron chi connectivity index (χ1n) is 8.06. The van der Waals surface area contributed by atoms with E-state index in [4.69, 9.17) is 9.47 Å². The van der Waals surface area contributed by atoms with Crippen LogP contribution in [0.5, 0.6) is 11.5 Å². The van der Waals surface area contributed by atoms with Crippen molar-refractivity contribution in [3.63, 3.8) is 0 Å². The third kappa shape index (κ3) is 4.53. The minimum absolute atomic E-state index is 0.0351. The molecule has 0 saturated heterocycles. The molecule has 1 saturated carbocycles. The fourth-order valence-corrected chi connectivity index (χ4v) is 2.30. The minimum atomic E-state index is -0.201. The highest BCUT2D eigenvalue weighted by molar-refractivity contribution is 5.82. The number of carbonyl (C=O) groups excluding carboxylic acids is 1. The van der Waals surface area contributed by atoms with Gasteiger partial charge >= 0.3 is 5.97 Å². The van der Waals surface area contributed by atoms with Gasteiger partial charge in [-0.1, -0.05) is 0 Å². The molecule has 1 heterocycles. The fraction of sp³-hybridized carbons (Fsp3) is 0.333. The van der Waals surface area contributed by atoms with E-state index in [9.17, 15) is 4.79 Å². The van der Waals surface area contributed by atoms with Crippen molar-refractivity contribution in [2.75, 3.05) is 12.5 Å². The van der Waals surface area contributed by atoms with E-state index in [1.807, 2.05) is 19.9 Å². The Morgan fingerprint density at radius 3 is 2.56 bits per heavy atom. The number of methoxy groups -OCH3 is 1. The molecule has 1 aliphatic carbocycles. The molecular weight excluding hydrogens is 320 g/mol. The van der Waals surface area contributed by atoms with E-state index < -0.39 is 0 Å². The Kier molecular flexibility index (Phi) is 4.92. The van der Waals surface area contributed by atoms with Crippen molar-refractivity contribution in [3.8, 4) is 11.5 Å². The molecule has 0 unspecified atom stereocenters. The lowest BCUT2D eigenvalue weighted by Gasteiger charge is -2.09. The van der Waals surface area contributed by atoms with Gasteiger partial charge in [-0.05, 0) is 56.5 Å². The maximum Gasteiger partial charge on any atom is 0.314 e. The van der Waals surface area contributed by atoms with Gasteiger partial charge in [-0.3, -0.25) is 4.79 Å². The minimum Gasteiger partial charge on any atom is -0.493 e. The summed E-state index contributed by atoms with van der Waals surface area (Å²) in [4.78, 5) is 20.3. The second kappa shape index (κ2) is 7.29. The Labute approximate surface area is 146 Å². The van der Waals surface area contributed by atoms with Crippen molar-refractivity contribution >= 4 is 18.1 Å². The van der Waals surface area contributed by atoms with Gasteiger partial charge in [0.1, 0.15) is 0 Å². The van der Waals surface area contributed by atoms with Gasteiger partial charge in [0.2, 0.25) is 5.95 Å². The highest BCUT2D eigenvalue weighted by atomic mass is 16.6. The van der Waals surface area contributed by atoms with Crippen LogP contribution in [-0.2, 0) is 4.79 Å². The Hall–Kier alpha value is -2.96. The zero-order valence-electron chi connectivity index (χ0n) is 14.4. The molecule has 1 fully saturated rings. The summed E-state index contributed by atoms with van der Waals surface area (Å²) in [6.07, 6.45) is 3.42. The van der Waals surface area contributed by atoms with E-state index in [2.05, 4.69) is 20.5 Å². The Balaban J connectivity index is 1.68. The molecule has 1 aromatic heterocycles. The van der Waals surface area contributed by atoms with E-state index >= 15 is 0 Å². The number of carbonyl (C=O) groups is 1. The van der Waals surface area contributed by atoms with Crippen molar-refractivity contribution in [2.45, 2.75) is 26.7 Å². The molecule has 0 radical (unpaired) electrons. The smallest absolute Gasteiger partial charge is 0.314 e. The molecule has 3 rings (SSSR count). The van der Waals surface area contributed by atoms with Crippen LogP contribution in [0.2, 0.25) is 0 Å². The topological polar surface area (TPSA) is 85.7 Å². The molecule has 7 heteroatoms. The first kappa shape index (κ1) is 16.9. The Bertz CT molecular complexity index is 796. The SMILES string of the molecule is COc1cc(/C=N\Nc2nc(C)cc(C)n2)ccc1OC(=O)C1CC1. The quantitative estimate of drug-likeness (QED) is 0.377. The predicted molar refractivity (Wildman–Crippen MR) is 94.1 cm³/mol.